The summed E-state index contributed by atoms with van der Waals surface area (Å²) >= 11 is 0. The van der Waals surface area contributed by atoms with Gasteiger partial charge in [0.2, 0.25) is 0 Å². The Kier molecular flexibility index (Phi) is 4.96. The third-order valence-electron chi connectivity index (χ3n) is 3.72. The highest BCUT2D eigenvalue weighted by atomic mass is 16.5. The van der Waals surface area contributed by atoms with Crippen LogP contribution >= 0.6 is 0 Å². The summed E-state index contributed by atoms with van der Waals surface area (Å²) in [5, 5.41) is 0. The van der Waals surface area contributed by atoms with Gasteiger partial charge in [0.05, 0.1) is 23.9 Å². The van der Waals surface area contributed by atoms with Crippen molar-refractivity contribution in [3.63, 3.8) is 0 Å². The van der Waals surface area contributed by atoms with E-state index in [0.717, 1.165) is 37.2 Å². The molecule has 0 aromatic carbocycles. The first-order chi connectivity index (χ1) is 9.55. The largest absolute Gasteiger partial charge is 0.489 e. The quantitative estimate of drug-likeness (QED) is 0.639. The van der Waals surface area contributed by atoms with Crippen molar-refractivity contribution in [3.05, 3.63) is 24.0 Å². The Hall–Kier alpha value is -1.17. The summed E-state index contributed by atoms with van der Waals surface area (Å²) in [6, 6.07) is 1.90. The molecule has 1 aliphatic rings. The highest BCUT2D eigenvalue weighted by Gasteiger charge is 2.37. The zero-order chi connectivity index (χ0) is 14.6. The summed E-state index contributed by atoms with van der Waals surface area (Å²) in [7, 11) is 0. The summed E-state index contributed by atoms with van der Waals surface area (Å²) in [6.07, 6.45) is 6.92. The molecule has 1 aromatic rings. The topological polar surface area (TPSA) is 69.4 Å². The predicted octanol–water partition coefficient (Wildman–Crippen LogP) is 2.33. The van der Waals surface area contributed by atoms with Crippen molar-refractivity contribution in [1.29, 1.82) is 0 Å². The molecule has 2 unspecified atom stereocenters. The maximum atomic E-state index is 5.98. The number of aromatic nitrogens is 1. The van der Waals surface area contributed by atoms with Gasteiger partial charge in [-0.3, -0.25) is 16.3 Å². The van der Waals surface area contributed by atoms with Crippen LogP contribution in [0.5, 0.6) is 5.75 Å². The van der Waals surface area contributed by atoms with Crippen LogP contribution in [0, 0.1) is 0 Å². The molecule has 0 aliphatic carbocycles. The van der Waals surface area contributed by atoms with Crippen LogP contribution in [0.3, 0.4) is 0 Å². The zero-order valence-corrected chi connectivity index (χ0v) is 12.6. The molecule has 5 nitrogen and oxygen atoms in total. The maximum Gasteiger partial charge on any atom is 0.138 e. The van der Waals surface area contributed by atoms with E-state index in [0.29, 0.717) is 0 Å². The molecule has 3 N–H and O–H groups in total. The fraction of sp³-hybridized carbons (Fsp3) is 0.667. The van der Waals surface area contributed by atoms with Gasteiger partial charge >= 0.3 is 0 Å². The summed E-state index contributed by atoms with van der Waals surface area (Å²) in [6.45, 7) is 6.88. The van der Waals surface area contributed by atoms with Gasteiger partial charge in [-0.15, -0.1) is 0 Å². The fourth-order valence-electron chi connectivity index (χ4n) is 2.74. The lowest BCUT2D eigenvalue weighted by atomic mass is 9.85. The summed E-state index contributed by atoms with van der Waals surface area (Å²) < 4.78 is 11.7. The molecule has 2 heterocycles. The Balaban J connectivity index is 2.22. The third kappa shape index (κ3) is 3.48. The van der Waals surface area contributed by atoms with E-state index in [4.69, 9.17) is 15.3 Å². The summed E-state index contributed by atoms with van der Waals surface area (Å²) in [4.78, 5) is 4.26. The number of ether oxygens (including phenoxy) is 2. The summed E-state index contributed by atoms with van der Waals surface area (Å²) in [5.74, 6) is 6.53. The molecule has 1 fully saturated rings. The molecular formula is C15H25N3O2. The Morgan fingerprint density at radius 2 is 2.20 bits per heavy atom. The number of nitrogens with two attached hydrogens (primary N) is 1. The van der Waals surface area contributed by atoms with Crippen molar-refractivity contribution >= 4 is 0 Å². The number of hydrazine groups is 1. The summed E-state index contributed by atoms with van der Waals surface area (Å²) in [5.41, 5.74) is 3.58. The lowest BCUT2D eigenvalue weighted by molar-refractivity contribution is -0.0899. The van der Waals surface area contributed by atoms with E-state index in [-0.39, 0.29) is 17.7 Å². The minimum Gasteiger partial charge on any atom is -0.489 e. The van der Waals surface area contributed by atoms with Crippen molar-refractivity contribution in [2.45, 2.75) is 57.8 Å². The zero-order valence-electron chi connectivity index (χ0n) is 12.6. The highest BCUT2D eigenvalue weighted by Crippen LogP contribution is 2.36. The second-order valence-electron chi connectivity index (χ2n) is 5.84. The van der Waals surface area contributed by atoms with Gasteiger partial charge in [-0.2, -0.15) is 0 Å². The Bertz CT molecular complexity index is 431. The number of hydrogen-bond acceptors (Lipinski definition) is 5. The minimum absolute atomic E-state index is 0.0917. The van der Waals surface area contributed by atoms with E-state index in [1.807, 2.05) is 26.1 Å². The van der Waals surface area contributed by atoms with Crippen molar-refractivity contribution in [2.75, 3.05) is 6.61 Å². The molecule has 0 bridgehead atoms. The molecule has 0 radical (unpaired) electrons. The molecule has 1 aromatic heterocycles. The van der Waals surface area contributed by atoms with Gasteiger partial charge in [0.1, 0.15) is 5.75 Å². The van der Waals surface area contributed by atoms with Crippen molar-refractivity contribution in [1.82, 2.24) is 10.4 Å². The minimum atomic E-state index is -0.300. The van der Waals surface area contributed by atoms with Crippen LogP contribution in [-0.2, 0) is 4.74 Å². The number of hydrogen-bond donors (Lipinski definition) is 2. The van der Waals surface area contributed by atoms with Crippen LogP contribution in [-0.4, -0.2) is 23.3 Å². The molecule has 5 heteroatoms. The predicted molar refractivity (Wildman–Crippen MR) is 78.3 cm³/mol. The number of nitrogens with zero attached hydrogens (tertiary/aromatic N) is 1. The second-order valence-corrected chi connectivity index (χ2v) is 5.84. The lowest BCUT2D eigenvalue weighted by Gasteiger charge is -2.40. The monoisotopic (exact) mass is 279 g/mol. The van der Waals surface area contributed by atoms with Gasteiger partial charge in [0, 0.05) is 12.8 Å². The van der Waals surface area contributed by atoms with Crippen LogP contribution in [0.1, 0.15) is 51.6 Å². The molecular weight excluding hydrogens is 254 g/mol. The van der Waals surface area contributed by atoms with E-state index >= 15 is 0 Å². The first-order valence-corrected chi connectivity index (χ1v) is 7.27. The highest BCUT2D eigenvalue weighted by molar-refractivity contribution is 5.28. The van der Waals surface area contributed by atoms with Crippen LogP contribution in [0.25, 0.3) is 0 Å². The van der Waals surface area contributed by atoms with Gasteiger partial charge in [-0.25, -0.2) is 0 Å². The molecule has 20 heavy (non-hydrogen) atoms. The van der Waals surface area contributed by atoms with Gasteiger partial charge < -0.3 is 9.47 Å². The molecule has 0 spiro atoms. The fourth-order valence-corrected chi connectivity index (χ4v) is 2.74. The second kappa shape index (κ2) is 6.52. The molecule has 1 saturated heterocycles. The van der Waals surface area contributed by atoms with Crippen LogP contribution in [0.4, 0.5) is 0 Å². The van der Waals surface area contributed by atoms with E-state index in [2.05, 4.69) is 17.3 Å². The van der Waals surface area contributed by atoms with Crippen LogP contribution in [0.2, 0.25) is 0 Å². The molecule has 1 aliphatic heterocycles. The smallest absolute Gasteiger partial charge is 0.138 e. The molecule has 2 atom stereocenters. The standard InChI is InChI=1S/C15H25N3O2/c1-11(2)20-13-8-12(9-17-10-13)14(18-16)15(3)6-4-5-7-19-15/h8-11,14,18H,4-7,16H2,1-3H3. The SMILES string of the molecule is CC(C)Oc1cncc(C(NN)C2(C)CCCCO2)c1. The Morgan fingerprint density at radius 1 is 1.40 bits per heavy atom. The van der Waals surface area contributed by atoms with E-state index in [1.165, 1.54) is 0 Å². The van der Waals surface area contributed by atoms with Gasteiger partial charge in [-0.1, -0.05) is 0 Å². The molecule has 0 saturated carbocycles. The maximum absolute atomic E-state index is 5.98. The number of pyridine rings is 1. The van der Waals surface area contributed by atoms with Gasteiger partial charge in [0.15, 0.2) is 0 Å². The first-order valence-electron chi connectivity index (χ1n) is 7.27. The number of rotatable bonds is 5. The van der Waals surface area contributed by atoms with Crippen molar-refractivity contribution < 1.29 is 9.47 Å². The van der Waals surface area contributed by atoms with E-state index in [1.54, 1.807) is 6.20 Å². The van der Waals surface area contributed by atoms with Gasteiger partial charge in [-0.05, 0) is 51.7 Å². The van der Waals surface area contributed by atoms with Crippen molar-refractivity contribution in [2.24, 2.45) is 5.84 Å². The Labute approximate surface area is 120 Å². The lowest BCUT2D eigenvalue weighted by Crippen LogP contribution is -2.48. The third-order valence-corrected chi connectivity index (χ3v) is 3.72. The van der Waals surface area contributed by atoms with E-state index < -0.39 is 0 Å². The van der Waals surface area contributed by atoms with Gasteiger partial charge in [0.25, 0.3) is 0 Å². The Morgan fingerprint density at radius 3 is 2.80 bits per heavy atom. The van der Waals surface area contributed by atoms with E-state index in [9.17, 15) is 0 Å². The molecule has 0 amide bonds. The average Bonchev–Trinajstić information content (AvgIpc) is 2.39. The molecule has 2 rings (SSSR count). The van der Waals surface area contributed by atoms with Crippen LogP contribution in [0.15, 0.2) is 18.5 Å². The van der Waals surface area contributed by atoms with Crippen molar-refractivity contribution in [3.8, 4) is 5.75 Å². The molecule has 112 valence electrons. The van der Waals surface area contributed by atoms with Crippen LogP contribution < -0.4 is 16.0 Å². The normalized spacial score (nSPS) is 24.6. The average molecular weight is 279 g/mol. The number of nitrogens with one attached hydrogen (secondary N) is 1. The first kappa shape index (κ1) is 15.2.